The molecule has 33 heavy (non-hydrogen) atoms. The maximum atomic E-state index is 12.9. The predicted molar refractivity (Wildman–Crippen MR) is 113 cm³/mol. The second-order valence-electron chi connectivity index (χ2n) is 7.37. The van der Waals surface area contributed by atoms with Crippen LogP contribution in [-0.4, -0.2) is 49.8 Å². The minimum atomic E-state index is -4.54. The van der Waals surface area contributed by atoms with Crippen LogP contribution in [-0.2, 0) is 11.0 Å². The number of fused-ring (bicyclic) bond motifs is 1. The number of aromatic nitrogens is 4. The van der Waals surface area contributed by atoms with Gasteiger partial charge in [-0.15, -0.1) is 11.3 Å². The normalized spacial score (nSPS) is 16.9. The summed E-state index contributed by atoms with van der Waals surface area (Å²) in [7, 11) is 1.54. The van der Waals surface area contributed by atoms with Gasteiger partial charge in [-0.2, -0.15) is 13.2 Å². The van der Waals surface area contributed by atoms with Crippen LogP contribution < -0.4 is 15.5 Å². The molecule has 0 radical (unpaired) electrons. The molecular formula is C19H18F3N7O3S. The quantitative estimate of drug-likeness (QED) is 0.523. The molecule has 0 bridgehead atoms. The molecule has 10 nitrogen and oxygen atoms in total. The Kier molecular flexibility index (Phi) is 5.57. The number of amides is 2. The van der Waals surface area contributed by atoms with E-state index in [1.165, 1.54) is 28.8 Å². The molecule has 3 N–H and O–H groups in total. The van der Waals surface area contributed by atoms with Crippen molar-refractivity contribution in [3.63, 3.8) is 0 Å². The van der Waals surface area contributed by atoms with Gasteiger partial charge in [0.2, 0.25) is 12.3 Å². The van der Waals surface area contributed by atoms with E-state index in [4.69, 9.17) is 0 Å². The fourth-order valence-electron chi connectivity index (χ4n) is 3.33. The third-order valence-corrected chi connectivity index (χ3v) is 5.99. The zero-order chi connectivity index (χ0) is 24.1. The van der Waals surface area contributed by atoms with E-state index in [1.54, 1.807) is 19.4 Å². The van der Waals surface area contributed by atoms with Gasteiger partial charge < -0.3 is 25.2 Å². The van der Waals surface area contributed by atoms with E-state index < -0.39 is 36.1 Å². The van der Waals surface area contributed by atoms with Gasteiger partial charge in [0.1, 0.15) is 22.6 Å². The van der Waals surface area contributed by atoms with Gasteiger partial charge in [-0.1, -0.05) is 0 Å². The summed E-state index contributed by atoms with van der Waals surface area (Å²) in [4.78, 5) is 38.3. The maximum absolute atomic E-state index is 12.9. The van der Waals surface area contributed by atoms with Gasteiger partial charge in [-0.05, 0) is 25.5 Å². The number of carbonyl (C=O) groups is 2. The van der Waals surface area contributed by atoms with Crippen LogP contribution in [0.3, 0.4) is 0 Å². The highest BCUT2D eigenvalue weighted by Crippen LogP contribution is 2.33. The van der Waals surface area contributed by atoms with Crippen LogP contribution in [0.2, 0.25) is 0 Å². The second kappa shape index (κ2) is 8.12. The van der Waals surface area contributed by atoms with Crippen LogP contribution in [0.15, 0.2) is 24.0 Å². The number of thiazole rings is 1. The Morgan fingerprint density at radius 2 is 2.09 bits per heavy atom. The number of alkyl halides is 3. The number of aryl methyl sites for hydroxylation is 1. The van der Waals surface area contributed by atoms with Crippen molar-refractivity contribution in [3.8, 4) is 10.6 Å². The van der Waals surface area contributed by atoms with Gasteiger partial charge in [0.05, 0.1) is 6.33 Å². The molecule has 0 spiro atoms. The highest BCUT2D eigenvalue weighted by atomic mass is 32.1. The zero-order valence-electron chi connectivity index (χ0n) is 17.5. The van der Waals surface area contributed by atoms with Crippen molar-refractivity contribution >= 4 is 34.8 Å². The van der Waals surface area contributed by atoms with Crippen molar-refractivity contribution in [1.82, 2.24) is 24.8 Å². The molecule has 2 atom stereocenters. The van der Waals surface area contributed by atoms with Gasteiger partial charge in [0.15, 0.2) is 11.5 Å². The molecule has 0 saturated carbocycles. The van der Waals surface area contributed by atoms with Crippen LogP contribution in [0.5, 0.6) is 0 Å². The molecule has 4 rings (SSSR count). The molecule has 3 aromatic heterocycles. The van der Waals surface area contributed by atoms with E-state index in [-0.39, 0.29) is 22.9 Å². The standard InChI is InChI=1S/C19H18F3N7O3S/c1-8-4-10(5-23-13(8)19(20,21)22)17-26-11(6-33-17)25-15(30)9(2)29-7-24-14-12(29)16(31)27-18(32)28(14)3/h4-7,9,18,32H,1-3H3,(H,25,30)(H,27,31)/t9-,18?/m0/s1. The van der Waals surface area contributed by atoms with E-state index in [9.17, 15) is 27.9 Å². The molecule has 0 fully saturated rings. The fourth-order valence-corrected chi connectivity index (χ4v) is 4.06. The Hall–Kier alpha value is -3.52. The number of nitrogens with zero attached hydrogens (tertiary/aromatic N) is 5. The first kappa shape index (κ1) is 22.7. The Labute approximate surface area is 189 Å². The summed E-state index contributed by atoms with van der Waals surface area (Å²) in [6, 6.07) is 0.486. The summed E-state index contributed by atoms with van der Waals surface area (Å²) in [6.45, 7) is 2.88. The third kappa shape index (κ3) is 4.14. The summed E-state index contributed by atoms with van der Waals surface area (Å²) in [6.07, 6.45) is -3.36. The molecule has 3 aromatic rings. The highest BCUT2D eigenvalue weighted by Gasteiger charge is 2.35. The first-order valence-corrected chi connectivity index (χ1v) is 10.4. The number of hydrogen-bond acceptors (Lipinski definition) is 8. The number of hydrogen-bond donors (Lipinski definition) is 3. The van der Waals surface area contributed by atoms with Gasteiger partial charge in [-0.25, -0.2) is 9.97 Å². The Morgan fingerprint density at radius 3 is 2.76 bits per heavy atom. The fraction of sp³-hybridized carbons (Fsp3) is 0.316. The van der Waals surface area contributed by atoms with E-state index >= 15 is 0 Å². The van der Waals surface area contributed by atoms with Gasteiger partial charge in [-0.3, -0.25) is 14.6 Å². The summed E-state index contributed by atoms with van der Waals surface area (Å²) in [5.41, 5.74) is -0.486. The number of rotatable bonds is 4. The molecule has 2 amide bonds. The zero-order valence-corrected chi connectivity index (χ0v) is 18.3. The summed E-state index contributed by atoms with van der Waals surface area (Å²) in [5.74, 6) is -0.633. The Balaban J connectivity index is 1.52. The van der Waals surface area contributed by atoms with Crippen LogP contribution in [0.4, 0.5) is 24.8 Å². The molecule has 0 aromatic carbocycles. The number of anilines is 2. The number of halogens is 3. The van der Waals surface area contributed by atoms with Gasteiger partial charge in [0, 0.05) is 24.2 Å². The molecule has 174 valence electrons. The minimum absolute atomic E-state index is 0.0346. The largest absolute Gasteiger partial charge is 0.433 e. The monoisotopic (exact) mass is 481 g/mol. The van der Waals surface area contributed by atoms with Crippen LogP contribution in [0.25, 0.3) is 10.6 Å². The van der Waals surface area contributed by atoms with E-state index in [2.05, 4.69) is 25.6 Å². The van der Waals surface area contributed by atoms with Crippen LogP contribution in [0.1, 0.15) is 34.7 Å². The van der Waals surface area contributed by atoms with Crippen molar-refractivity contribution in [2.75, 3.05) is 17.3 Å². The topological polar surface area (TPSA) is 125 Å². The second-order valence-corrected chi connectivity index (χ2v) is 8.23. The lowest BCUT2D eigenvalue weighted by Gasteiger charge is -2.30. The number of imidazole rings is 1. The number of aliphatic hydroxyl groups excluding tert-OH is 1. The summed E-state index contributed by atoms with van der Waals surface area (Å²) in [5, 5.41) is 16.7. The number of aliphatic hydroxyl groups is 1. The lowest BCUT2D eigenvalue weighted by atomic mass is 10.1. The number of pyridine rings is 1. The Morgan fingerprint density at radius 1 is 1.36 bits per heavy atom. The van der Waals surface area contributed by atoms with Crippen LogP contribution in [0, 0.1) is 6.92 Å². The molecule has 1 aliphatic rings. The van der Waals surface area contributed by atoms with Crippen LogP contribution >= 0.6 is 11.3 Å². The highest BCUT2D eigenvalue weighted by molar-refractivity contribution is 7.13. The summed E-state index contributed by atoms with van der Waals surface area (Å²) < 4.78 is 40.1. The molecule has 0 saturated heterocycles. The first-order chi connectivity index (χ1) is 15.5. The first-order valence-electron chi connectivity index (χ1n) is 9.56. The number of carbonyl (C=O) groups excluding carboxylic acids is 2. The van der Waals surface area contributed by atoms with Gasteiger partial charge in [0.25, 0.3) is 5.91 Å². The van der Waals surface area contributed by atoms with E-state index in [0.29, 0.717) is 10.6 Å². The smallest absolute Gasteiger partial charge is 0.356 e. The number of nitrogens with one attached hydrogen (secondary N) is 2. The minimum Gasteiger partial charge on any atom is -0.356 e. The molecule has 0 aliphatic carbocycles. The van der Waals surface area contributed by atoms with E-state index in [0.717, 1.165) is 17.5 Å². The predicted octanol–water partition coefficient (Wildman–Crippen LogP) is 2.38. The lowest BCUT2D eigenvalue weighted by molar-refractivity contribution is -0.141. The molecule has 1 aliphatic heterocycles. The average Bonchev–Trinajstić information content (AvgIpc) is 3.38. The SMILES string of the molecule is Cc1cc(-c2nc(NC(=O)[C@H](C)n3cnc4c3C(=O)NC(O)N4C)cs2)cnc1C(F)(F)F. The van der Waals surface area contributed by atoms with Crippen molar-refractivity contribution in [1.29, 1.82) is 0 Å². The van der Waals surface area contributed by atoms with Crippen molar-refractivity contribution < 1.29 is 27.9 Å². The molecule has 4 heterocycles. The summed E-state index contributed by atoms with van der Waals surface area (Å²) >= 11 is 1.13. The maximum Gasteiger partial charge on any atom is 0.433 e. The average molecular weight is 481 g/mol. The molecule has 14 heteroatoms. The third-order valence-electron chi connectivity index (χ3n) is 5.10. The van der Waals surface area contributed by atoms with Gasteiger partial charge >= 0.3 is 6.18 Å². The van der Waals surface area contributed by atoms with Crippen molar-refractivity contribution in [2.45, 2.75) is 32.4 Å². The van der Waals surface area contributed by atoms with Crippen molar-refractivity contribution in [3.05, 3.63) is 40.9 Å². The Bertz CT molecular complexity index is 1240. The molecule has 1 unspecified atom stereocenters. The lowest BCUT2D eigenvalue weighted by Crippen LogP contribution is -2.51. The molecular weight excluding hydrogens is 463 g/mol. The van der Waals surface area contributed by atoms with Crippen molar-refractivity contribution in [2.24, 2.45) is 0 Å². The van der Waals surface area contributed by atoms with E-state index in [1.807, 2.05) is 0 Å².